The number of hydrogen-bond acceptors (Lipinski definition) is 3. The zero-order valence-electron chi connectivity index (χ0n) is 11.9. The van der Waals surface area contributed by atoms with Crippen LogP contribution in [0, 0.1) is 12.7 Å². The third kappa shape index (κ3) is 3.22. The van der Waals surface area contributed by atoms with Crippen LogP contribution in [0.2, 0.25) is 0 Å². The Hall–Kier alpha value is -1.92. The zero-order valence-corrected chi connectivity index (χ0v) is 12.7. The summed E-state index contributed by atoms with van der Waals surface area (Å²) >= 11 is 0. The predicted molar refractivity (Wildman–Crippen MR) is 80.6 cm³/mol. The second-order valence-corrected chi connectivity index (χ2v) is 6.87. The van der Waals surface area contributed by atoms with Crippen LogP contribution in [0.15, 0.2) is 47.4 Å². The van der Waals surface area contributed by atoms with E-state index in [0.29, 0.717) is 11.1 Å². The monoisotopic (exact) mass is 308 g/mol. The average Bonchev–Trinajstić information content (AvgIpc) is 2.38. The normalized spacial score (nSPS) is 11.8. The molecule has 0 radical (unpaired) electrons. The summed E-state index contributed by atoms with van der Waals surface area (Å²) in [6.45, 7) is 1.77. The van der Waals surface area contributed by atoms with Crippen LogP contribution in [-0.2, 0) is 16.6 Å². The molecular weight excluding hydrogens is 291 g/mol. The van der Waals surface area contributed by atoms with E-state index in [4.69, 9.17) is 5.73 Å². The van der Waals surface area contributed by atoms with Gasteiger partial charge in [-0.15, -0.1) is 0 Å². The minimum atomic E-state index is -3.73. The highest BCUT2D eigenvalue weighted by Crippen LogP contribution is 2.26. The summed E-state index contributed by atoms with van der Waals surface area (Å²) in [5.41, 5.74) is 7.17. The van der Waals surface area contributed by atoms with Gasteiger partial charge in [-0.1, -0.05) is 24.3 Å². The van der Waals surface area contributed by atoms with Crippen LogP contribution in [-0.4, -0.2) is 19.8 Å². The van der Waals surface area contributed by atoms with E-state index >= 15 is 0 Å². The fourth-order valence-corrected chi connectivity index (χ4v) is 3.63. The molecule has 0 aliphatic heterocycles. The highest BCUT2D eigenvalue weighted by molar-refractivity contribution is 7.89. The van der Waals surface area contributed by atoms with E-state index in [1.807, 2.05) is 0 Å². The van der Waals surface area contributed by atoms with Crippen molar-refractivity contribution in [3.8, 4) is 0 Å². The molecule has 2 aromatic rings. The van der Waals surface area contributed by atoms with E-state index < -0.39 is 15.8 Å². The van der Waals surface area contributed by atoms with Crippen molar-refractivity contribution in [2.45, 2.75) is 18.4 Å². The summed E-state index contributed by atoms with van der Waals surface area (Å²) in [6.07, 6.45) is 0. The third-order valence-electron chi connectivity index (χ3n) is 3.20. The Bertz CT molecular complexity index is 740. The molecule has 0 unspecified atom stereocenters. The molecule has 2 aromatic carbocycles. The van der Waals surface area contributed by atoms with E-state index in [2.05, 4.69) is 0 Å². The molecule has 6 heteroatoms. The summed E-state index contributed by atoms with van der Waals surface area (Å²) < 4.78 is 39.6. The van der Waals surface area contributed by atoms with Crippen LogP contribution in [0.3, 0.4) is 0 Å². The standard InChI is InChI=1S/C15H17FN2O2S/c1-11-5-3-8-14(17)15(11)21(19,20)18(2)10-12-6-4-7-13(16)9-12/h3-9H,10,17H2,1-2H3. The van der Waals surface area contributed by atoms with Gasteiger partial charge in [0.15, 0.2) is 0 Å². The minimum Gasteiger partial charge on any atom is -0.398 e. The molecule has 21 heavy (non-hydrogen) atoms. The molecular formula is C15H17FN2O2S. The van der Waals surface area contributed by atoms with Gasteiger partial charge in [-0.05, 0) is 36.2 Å². The van der Waals surface area contributed by atoms with Crippen LogP contribution in [0.4, 0.5) is 10.1 Å². The highest BCUT2D eigenvalue weighted by Gasteiger charge is 2.25. The number of hydrogen-bond donors (Lipinski definition) is 1. The lowest BCUT2D eigenvalue weighted by atomic mass is 10.2. The number of anilines is 1. The van der Waals surface area contributed by atoms with Crippen molar-refractivity contribution in [1.82, 2.24) is 4.31 Å². The van der Waals surface area contributed by atoms with Gasteiger partial charge < -0.3 is 5.73 Å². The first kappa shape index (κ1) is 15.5. The van der Waals surface area contributed by atoms with Gasteiger partial charge in [-0.2, -0.15) is 4.31 Å². The van der Waals surface area contributed by atoms with Gasteiger partial charge >= 0.3 is 0 Å². The average molecular weight is 308 g/mol. The molecule has 0 spiro atoms. The Morgan fingerprint density at radius 1 is 1.19 bits per heavy atom. The van der Waals surface area contributed by atoms with Gasteiger partial charge in [0.2, 0.25) is 10.0 Å². The lowest BCUT2D eigenvalue weighted by Crippen LogP contribution is -2.28. The SMILES string of the molecule is Cc1cccc(N)c1S(=O)(=O)N(C)Cc1cccc(F)c1. The summed E-state index contributed by atoms with van der Waals surface area (Å²) in [5.74, 6) is -0.395. The van der Waals surface area contributed by atoms with Gasteiger partial charge in [0.1, 0.15) is 10.7 Å². The number of halogens is 1. The Labute approximate surface area is 124 Å². The van der Waals surface area contributed by atoms with Crippen LogP contribution >= 0.6 is 0 Å². The van der Waals surface area contributed by atoms with Crippen molar-refractivity contribution in [2.24, 2.45) is 0 Å². The lowest BCUT2D eigenvalue weighted by Gasteiger charge is -2.20. The van der Waals surface area contributed by atoms with Crippen molar-refractivity contribution >= 4 is 15.7 Å². The van der Waals surface area contributed by atoms with Gasteiger partial charge in [0.25, 0.3) is 0 Å². The second-order valence-electron chi connectivity index (χ2n) is 4.88. The molecule has 2 rings (SSSR count). The number of benzene rings is 2. The maximum atomic E-state index is 13.2. The molecule has 112 valence electrons. The summed E-state index contributed by atoms with van der Waals surface area (Å²) in [7, 11) is -2.27. The summed E-state index contributed by atoms with van der Waals surface area (Å²) in [4.78, 5) is 0.101. The number of rotatable bonds is 4. The fraction of sp³-hybridized carbons (Fsp3) is 0.200. The smallest absolute Gasteiger partial charge is 0.245 e. The van der Waals surface area contributed by atoms with Gasteiger partial charge in [-0.25, -0.2) is 12.8 Å². The van der Waals surface area contributed by atoms with Gasteiger partial charge in [0, 0.05) is 13.6 Å². The molecule has 0 aliphatic rings. The molecule has 0 fully saturated rings. The van der Waals surface area contributed by atoms with Gasteiger partial charge in [0.05, 0.1) is 5.69 Å². The molecule has 0 bridgehead atoms. The first-order chi connectivity index (χ1) is 9.82. The van der Waals surface area contributed by atoms with Crippen molar-refractivity contribution in [3.63, 3.8) is 0 Å². The largest absolute Gasteiger partial charge is 0.398 e. The van der Waals surface area contributed by atoms with E-state index in [1.165, 1.54) is 23.5 Å². The van der Waals surface area contributed by atoms with Crippen LogP contribution in [0.25, 0.3) is 0 Å². The molecule has 4 nitrogen and oxygen atoms in total. The summed E-state index contributed by atoms with van der Waals surface area (Å²) in [6, 6.07) is 10.8. The lowest BCUT2D eigenvalue weighted by molar-refractivity contribution is 0.465. The Morgan fingerprint density at radius 2 is 1.86 bits per heavy atom. The van der Waals surface area contributed by atoms with Crippen LogP contribution < -0.4 is 5.73 Å². The zero-order chi connectivity index (χ0) is 15.6. The number of nitrogens with zero attached hydrogens (tertiary/aromatic N) is 1. The third-order valence-corrected chi connectivity index (χ3v) is 5.23. The highest BCUT2D eigenvalue weighted by atomic mass is 32.2. The molecule has 0 atom stereocenters. The molecule has 0 aliphatic carbocycles. The van der Waals surface area contributed by atoms with Gasteiger partial charge in [-0.3, -0.25) is 0 Å². The maximum absolute atomic E-state index is 13.2. The Kier molecular flexibility index (Phi) is 4.29. The molecule has 0 heterocycles. The van der Waals surface area contributed by atoms with Crippen molar-refractivity contribution in [2.75, 3.05) is 12.8 Å². The van der Waals surface area contributed by atoms with E-state index in [9.17, 15) is 12.8 Å². The van der Waals surface area contributed by atoms with E-state index in [1.54, 1.807) is 37.3 Å². The molecule has 0 saturated heterocycles. The van der Waals surface area contributed by atoms with Crippen LogP contribution in [0.5, 0.6) is 0 Å². The predicted octanol–water partition coefficient (Wildman–Crippen LogP) is 2.54. The number of nitrogens with two attached hydrogens (primary N) is 1. The van der Waals surface area contributed by atoms with E-state index in [0.717, 1.165) is 0 Å². The second kappa shape index (κ2) is 5.83. The minimum absolute atomic E-state index is 0.0772. The van der Waals surface area contributed by atoms with Crippen molar-refractivity contribution < 1.29 is 12.8 Å². The number of nitrogen functional groups attached to an aromatic ring is 1. The van der Waals surface area contributed by atoms with Crippen molar-refractivity contribution in [1.29, 1.82) is 0 Å². The Balaban J connectivity index is 2.35. The first-order valence-electron chi connectivity index (χ1n) is 6.38. The quantitative estimate of drug-likeness (QED) is 0.883. The van der Waals surface area contributed by atoms with Crippen molar-refractivity contribution in [3.05, 3.63) is 59.4 Å². The molecule has 0 saturated carbocycles. The topological polar surface area (TPSA) is 63.4 Å². The van der Waals surface area contributed by atoms with E-state index in [-0.39, 0.29) is 17.1 Å². The summed E-state index contributed by atoms with van der Waals surface area (Å²) in [5, 5.41) is 0. The maximum Gasteiger partial charge on any atom is 0.245 e. The number of aryl methyl sites for hydroxylation is 1. The molecule has 0 amide bonds. The Morgan fingerprint density at radius 3 is 2.48 bits per heavy atom. The fourth-order valence-electron chi connectivity index (χ4n) is 2.16. The number of sulfonamides is 1. The first-order valence-corrected chi connectivity index (χ1v) is 7.82. The molecule has 0 aromatic heterocycles. The molecule has 2 N–H and O–H groups in total. The van der Waals surface area contributed by atoms with Crippen LogP contribution in [0.1, 0.15) is 11.1 Å².